The Bertz CT molecular complexity index is 955. The first kappa shape index (κ1) is 16.0. The fourth-order valence-electron chi connectivity index (χ4n) is 2.88. The van der Waals surface area contributed by atoms with Crippen molar-refractivity contribution in [2.45, 2.75) is 19.4 Å². The average Bonchev–Trinajstić information content (AvgIpc) is 3.02. The van der Waals surface area contributed by atoms with Crippen molar-refractivity contribution in [2.24, 2.45) is 14.1 Å². The molecule has 0 aliphatic rings. The molecule has 1 aromatic carbocycles. The molecule has 0 fully saturated rings. The van der Waals surface area contributed by atoms with Crippen LogP contribution in [-0.4, -0.2) is 20.3 Å². The molecule has 1 N–H and O–H groups in total. The van der Waals surface area contributed by atoms with Gasteiger partial charge in [-0.15, -0.1) is 0 Å². The van der Waals surface area contributed by atoms with E-state index in [0.29, 0.717) is 5.56 Å². The minimum absolute atomic E-state index is 0.144. The van der Waals surface area contributed by atoms with Gasteiger partial charge in [-0.1, -0.05) is 25.1 Å². The van der Waals surface area contributed by atoms with Crippen LogP contribution in [0.2, 0.25) is 0 Å². The SMILES string of the molecule is CCC(NC(=O)c1cc(=O)n(C)c2ccccc12)c1cnn(C)c1. The number of aryl methyl sites for hydroxylation is 2. The number of rotatable bonds is 4. The van der Waals surface area contributed by atoms with Crippen LogP contribution < -0.4 is 10.9 Å². The van der Waals surface area contributed by atoms with Gasteiger partial charge in [0.1, 0.15) is 0 Å². The molecule has 24 heavy (non-hydrogen) atoms. The molecule has 0 saturated heterocycles. The Labute approximate surface area is 139 Å². The minimum atomic E-state index is -0.250. The second-order valence-electron chi connectivity index (χ2n) is 5.85. The molecule has 0 saturated carbocycles. The molecule has 0 aliphatic heterocycles. The summed E-state index contributed by atoms with van der Waals surface area (Å²) in [6.07, 6.45) is 4.37. The maximum atomic E-state index is 12.8. The summed E-state index contributed by atoms with van der Waals surface area (Å²) in [5.74, 6) is -0.250. The van der Waals surface area contributed by atoms with Gasteiger partial charge in [-0.05, 0) is 12.5 Å². The summed E-state index contributed by atoms with van der Waals surface area (Å²) in [7, 11) is 3.54. The van der Waals surface area contributed by atoms with E-state index in [1.54, 1.807) is 22.5 Å². The van der Waals surface area contributed by atoms with Crippen LogP contribution in [0.5, 0.6) is 0 Å². The van der Waals surface area contributed by atoms with Crippen molar-refractivity contribution in [2.75, 3.05) is 0 Å². The number of hydrogen-bond acceptors (Lipinski definition) is 3. The molecule has 1 unspecified atom stereocenters. The van der Waals surface area contributed by atoms with E-state index in [9.17, 15) is 9.59 Å². The summed E-state index contributed by atoms with van der Waals surface area (Å²) in [6, 6.07) is 8.67. The molecule has 0 aliphatic carbocycles. The van der Waals surface area contributed by atoms with Crippen LogP contribution in [0.3, 0.4) is 0 Å². The molecule has 2 aromatic heterocycles. The molecule has 2 heterocycles. The van der Waals surface area contributed by atoms with Gasteiger partial charge in [0.25, 0.3) is 11.5 Å². The first-order valence-corrected chi connectivity index (χ1v) is 7.89. The van der Waals surface area contributed by atoms with Crippen LogP contribution >= 0.6 is 0 Å². The highest BCUT2D eigenvalue weighted by Crippen LogP contribution is 2.19. The Kier molecular flexibility index (Phi) is 4.20. The molecule has 124 valence electrons. The lowest BCUT2D eigenvalue weighted by atomic mass is 10.1. The molecule has 0 bridgehead atoms. The smallest absolute Gasteiger partial charge is 0.252 e. The molecule has 6 nitrogen and oxygen atoms in total. The van der Waals surface area contributed by atoms with Crippen LogP contribution in [-0.2, 0) is 14.1 Å². The Hall–Kier alpha value is -2.89. The Balaban J connectivity index is 2.00. The number of pyridine rings is 1. The van der Waals surface area contributed by atoms with E-state index < -0.39 is 0 Å². The first-order valence-electron chi connectivity index (χ1n) is 7.89. The third-order valence-electron chi connectivity index (χ3n) is 4.24. The zero-order valence-corrected chi connectivity index (χ0v) is 14.0. The number of benzene rings is 1. The highest BCUT2D eigenvalue weighted by atomic mass is 16.2. The molecular weight excluding hydrogens is 304 g/mol. The van der Waals surface area contributed by atoms with Crippen LogP contribution in [0.4, 0.5) is 0 Å². The highest BCUT2D eigenvalue weighted by molar-refractivity contribution is 6.06. The van der Waals surface area contributed by atoms with Gasteiger partial charge >= 0.3 is 0 Å². The number of fused-ring (bicyclic) bond motifs is 1. The van der Waals surface area contributed by atoms with Gasteiger partial charge in [-0.25, -0.2) is 0 Å². The van der Waals surface area contributed by atoms with E-state index in [2.05, 4.69) is 10.4 Å². The lowest BCUT2D eigenvalue weighted by Crippen LogP contribution is -2.30. The van der Waals surface area contributed by atoms with Crippen LogP contribution in [0.1, 0.15) is 35.3 Å². The van der Waals surface area contributed by atoms with Crippen molar-refractivity contribution in [3.05, 3.63) is 64.2 Å². The summed E-state index contributed by atoms with van der Waals surface area (Å²) in [4.78, 5) is 24.9. The molecule has 3 aromatic rings. The highest BCUT2D eigenvalue weighted by Gasteiger charge is 2.18. The standard InChI is InChI=1S/C18H20N4O2/c1-4-15(12-10-19-21(2)11-12)20-18(24)14-9-17(23)22(3)16-8-6-5-7-13(14)16/h5-11,15H,4H2,1-3H3,(H,20,24). The molecule has 0 radical (unpaired) electrons. The van der Waals surface area contributed by atoms with Gasteiger partial charge in [0.05, 0.1) is 23.3 Å². The van der Waals surface area contributed by atoms with Gasteiger partial charge in [0, 0.05) is 37.3 Å². The second kappa shape index (κ2) is 6.31. The van der Waals surface area contributed by atoms with E-state index in [1.807, 2.05) is 44.4 Å². The van der Waals surface area contributed by atoms with Gasteiger partial charge in [-0.3, -0.25) is 14.3 Å². The van der Waals surface area contributed by atoms with Crippen molar-refractivity contribution in [1.82, 2.24) is 19.7 Å². The maximum Gasteiger partial charge on any atom is 0.252 e. The predicted molar refractivity (Wildman–Crippen MR) is 92.9 cm³/mol. The number of para-hydroxylation sites is 1. The van der Waals surface area contributed by atoms with Gasteiger partial charge in [0.15, 0.2) is 0 Å². The number of amides is 1. The van der Waals surface area contributed by atoms with Crippen LogP contribution in [0.15, 0.2) is 47.5 Å². The van der Waals surface area contributed by atoms with E-state index in [1.165, 1.54) is 6.07 Å². The van der Waals surface area contributed by atoms with E-state index in [0.717, 1.165) is 22.9 Å². The normalized spacial score (nSPS) is 12.3. The van der Waals surface area contributed by atoms with E-state index >= 15 is 0 Å². The molecule has 1 atom stereocenters. The Morgan fingerprint density at radius 2 is 2.04 bits per heavy atom. The fraction of sp³-hybridized carbons (Fsp3) is 0.278. The lowest BCUT2D eigenvalue weighted by Gasteiger charge is -2.17. The topological polar surface area (TPSA) is 68.9 Å². The maximum absolute atomic E-state index is 12.8. The number of hydrogen-bond donors (Lipinski definition) is 1. The molecule has 3 rings (SSSR count). The predicted octanol–water partition coefficient (Wildman–Crippen LogP) is 2.15. The van der Waals surface area contributed by atoms with Crippen molar-refractivity contribution < 1.29 is 4.79 Å². The van der Waals surface area contributed by atoms with Crippen LogP contribution in [0.25, 0.3) is 10.9 Å². The zero-order chi connectivity index (χ0) is 17.3. The van der Waals surface area contributed by atoms with Crippen LogP contribution in [0, 0.1) is 0 Å². The quantitative estimate of drug-likeness (QED) is 0.799. The van der Waals surface area contributed by atoms with Crippen molar-refractivity contribution >= 4 is 16.8 Å². The summed E-state index contributed by atoms with van der Waals surface area (Å²) in [6.45, 7) is 2.00. The summed E-state index contributed by atoms with van der Waals surface area (Å²) in [5.41, 5.74) is 1.88. The number of carbonyl (C=O) groups excluding carboxylic acids is 1. The van der Waals surface area contributed by atoms with Crippen molar-refractivity contribution in [3.63, 3.8) is 0 Å². The summed E-state index contributed by atoms with van der Waals surface area (Å²) < 4.78 is 3.25. The van der Waals surface area contributed by atoms with Crippen molar-refractivity contribution in [1.29, 1.82) is 0 Å². The number of nitrogens with zero attached hydrogens (tertiary/aromatic N) is 3. The monoisotopic (exact) mass is 324 g/mol. The second-order valence-corrected chi connectivity index (χ2v) is 5.85. The summed E-state index contributed by atoms with van der Waals surface area (Å²) in [5, 5.41) is 7.93. The zero-order valence-electron chi connectivity index (χ0n) is 14.0. The van der Waals surface area contributed by atoms with E-state index in [-0.39, 0.29) is 17.5 Å². The third-order valence-corrected chi connectivity index (χ3v) is 4.24. The first-order chi connectivity index (χ1) is 11.5. The van der Waals surface area contributed by atoms with Crippen molar-refractivity contribution in [3.8, 4) is 0 Å². The van der Waals surface area contributed by atoms with E-state index in [4.69, 9.17) is 0 Å². The molecular formula is C18H20N4O2. The van der Waals surface area contributed by atoms with Gasteiger partial charge < -0.3 is 9.88 Å². The molecule has 6 heteroatoms. The number of aromatic nitrogens is 3. The third kappa shape index (κ3) is 2.82. The lowest BCUT2D eigenvalue weighted by molar-refractivity contribution is 0.0937. The van der Waals surface area contributed by atoms with Gasteiger partial charge in [0.2, 0.25) is 0 Å². The Morgan fingerprint density at radius 3 is 2.71 bits per heavy atom. The Morgan fingerprint density at radius 1 is 1.29 bits per heavy atom. The van der Waals surface area contributed by atoms with Gasteiger partial charge in [-0.2, -0.15) is 5.10 Å². The molecule has 0 spiro atoms. The average molecular weight is 324 g/mol. The largest absolute Gasteiger partial charge is 0.345 e. The molecule has 1 amide bonds. The minimum Gasteiger partial charge on any atom is -0.345 e. The fourth-order valence-corrected chi connectivity index (χ4v) is 2.88. The number of carbonyl (C=O) groups is 1. The summed E-state index contributed by atoms with van der Waals surface area (Å²) >= 11 is 0. The number of nitrogens with one attached hydrogen (secondary N) is 1.